The van der Waals surface area contributed by atoms with Gasteiger partial charge in [0.05, 0.1) is 12.6 Å². The number of aromatic nitrogens is 5. The van der Waals surface area contributed by atoms with E-state index in [1.807, 2.05) is 30.3 Å². The van der Waals surface area contributed by atoms with Crippen LogP contribution in [0.3, 0.4) is 0 Å². The third-order valence-corrected chi connectivity index (χ3v) is 4.53. The monoisotopic (exact) mass is 368 g/mol. The van der Waals surface area contributed by atoms with Crippen molar-refractivity contribution in [3.8, 4) is 0 Å². The Balaban J connectivity index is 1.47. The number of hydrogen-bond donors (Lipinski definition) is 1. The van der Waals surface area contributed by atoms with Crippen LogP contribution in [0.2, 0.25) is 0 Å². The molecule has 4 rings (SSSR count). The van der Waals surface area contributed by atoms with E-state index in [4.69, 9.17) is 4.74 Å². The molecule has 1 atom stereocenters. The average Bonchev–Trinajstić information content (AvgIpc) is 3.34. The number of nitrogens with zero attached hydrogens (tertiary/aromatic N) is 5. The molecule has 0 radical (unpaired) electrons. The van der Waals surface area contributed by atoms with Crippen LogP contribution in [-0.4, -0.2) is 49.7 Å². The van der Waals surface area contributed by atoms with Gasteiger partial charge in [0.2, 0.25) is 5.91 Å². The van der Waals surface area contributed by atoms with E-state index < -0.39 is 0 Å². The van der Waals surface area contributed by atoms with Gasteiger partial charge in [-0.05, 0) is 18.4 Å². The predicted molar refractivity (Wildman–Crippen MR) is 97.1 cm³/mol. The van der Waals surface area contributed by atoms with Crippen LogP contribution in [0.5, 0.6) is 0 Å². The van der Waals surface area contributed by atoms with Crippen LogP contribution in [0.1, 0.15) is 18.4 Å². The molecule has 1 N–H and O–H groups in total. The molecule has 2 aromatic heterocycles. The van der Waals surface area contributed by atoms with Gasteiger partial charge in [0.15, 0.2) is 11.2 Å². The van der Waals surface area contributed by atoms with E-state index >= 15 is 0 Å². The lowest BCUT2D eigenvalue weighted by Gasteiger charge is -2.11. The third kappa shape index (κ3) is 3.87. The van der Waals surface area contributed by atoms with E-state index in [1.54, 1.807) is 4.68 Å². The second-order valence-electron chi connectivity index (χ2n) is 6.52. The fraction of sp³-hybridized carbons (Fsp3) is 0.389. The molecule has 0 spiro atoms. The van der Waals surface area contributed by atoms with E-state index in [0.29, 0.717) is 18.7 Å². The second-order valence-corrected chi connectivity index (χ2v) is 6.52. The van der Waals surface area contributed by atoms with Crippen molar-refractivity contribution in [3.63, 3.8) is 0 Å². The first-order chi connectivity index (χ1) is 13.2. The predicted octanol–water partition coefficient (Wildman–Crippen LogP) is 0.331. The molecular weight excluding hydrogens is 348 g/mol. The highest BCUT2D eigenvalue weighted by atomic mass is 16.5. The highest BCUT2D eigenvalue weighted by molar-refractivity contribution is 5.76. The molecule has 9 nitrogen and oxygen atoms in total. The Bertz CT molecular complexity index is 991. The summed E-state index contributed by atoms with van der Waals surface area (Å²) in [6.07, 6.45) is 3.38. The zero-order chi connectivity index (χ0) is 18.6. The summed E-state index contributed by atoms with van der Waals surface area (Å²) in [6, 6.07) is 9.73. The van der Waals surface area contributed by atoms with E-state index in [-0.39, 0.29) is 29.6 Å². The summed E-state index contributed by atoms with van der Waals surface area (Å²) in [4.78, 5) is 29.0. The van der Waals surface area contributed by atoms with Gasteiger partial charge in [0.1, 0.15) is 12.9 Å². The third-order valence-electron chi connectivity index (χ3n) is 4.53. The normalized spacial score (nSPS) is 16.7. The van der Waals surface area contributed by atoms with Crippen molar-refractivity contribution in [3.05, 3.63) is 52.6 Å². The van der Waals surface area contributed by atoms with E-state index in [9.17, 15) is 9.59 Å². The Labute approximate surface area is 155 Å². The van der Waals surface area contributed by atoms with Crippen molar-refractivity contribution in [2.75, 3.05) is 13.2 Å². The van der Waals surface area contributed by atoms with Gasteiger partial charge >= 0.3 is 0 Å². The highest BCUT2D eigenvalue weighted by Gasteiger charge is 2.17. The van der Waals surface area contributed by atoms with Gasteiger partial charge in [-0.3, -0.25) is 14.2 Å². The van der Waals surface area contributed by atoms with Crippen molar-refractivity contribution in [2.24, 2.45) is 0 Å². The molecular formula is C18H20N6O3. The fourth-order valence-electron chi connectivity index (χ4n) is 3.11. The summed E-state index contributed by atoms with van der Waals surface area (Å²) in [5.41, 5.74) is 1.20. The first-order valence-electron chi connectivity index (χ1n) is 8.91. The Morgan fingerprint density at radius 3 is 2.93 bits per heavy atom. The van der Waals surface area contributed by atoms with Crippen LogP contribution < -0.4 is 10.9 Å². The molecule has 0 bridgehead atoms. The lowest BCUT2D eigenvalue weighted by Crippen LogP contribution is -2.36. The SMILES string of the molecule is O=C(Cn1cnc2c(nnn2Cc2ccccc2)c1=O)NC[C@@H]1CCCO1. The number of amides is 1. The molecule has 0 aliphatic carbocycles. The largest absolute Gasteiger partial charge is 0.376 e. The summed E-state index contributed by atoms with van der Waals surface area (Å²) in [6.45, 7) is 1.55. The van der Waals surface area contributed by atoms with Gasteiger partial charge in [-0.1, -0.05) is 35.5 Å². The minimum atomic E-state index is -0.383. The number of benzene rings is 1. The summed E-state index contributed by atoms with van der Waals surface area (Å²) >= 11 is 0. The van der Waals surface area contributed by atoms with Gasteiger partial charge in [0.25, 0.3) is 5.56 Å². The maximum Gasteiger partial charge on any atom is 0.283 e. The molecule has 1 saturated heterocycles. The number of carbonyl (C=O) groups is 1. The molecule has 1 aliphatic rings. The second kappa shape index (κ2) is 7.67. The van der Waals surface area contributed by atoms with Crippen LogP contribution in [0.25, 0.3) is 11.2 Å². The van der Waals surface area contributed by atoms with E-state index in [2.05, 4.69) is 20.6 Å². The number of carbonyl (C=O) groups excluding carboxylic acids is 1. The van der Waals surface area contributed by atoms with Gasteiger partial charge in [-0.2, -0.15) is 0 Å². The average molecular weight is 368 g/mol. The number of ether oxygens (including phenoxy) is 1. The molecule has 1 aromatic carbocycles. The Morgan fingerprint density at radius 1 is 1.30 bits per heavy atom. The summed E-state index contributed by atoms with van der Waals surface area (Å²) < 4.78 is 8.29. The molecule has 27 heavy (non-hydrogen) atoms. The molecule has 1 fully saturated rings. The Morgan fingerprint density at radius 2 is 2.15 bits per heavy atom. The van der Waals surface area contributed by atoms with Crippen LogP contribution in [-0.2, 0) is 22.6 Å². The van der Waals surface area contributed by atoms with Crippen molar-refractivity contribution in [1.82, 2.24) is 29.9 Å². The lowest BCUT2D eigenvalue weighted by atomic mass is 10.2. The zero-order valence-corrected chi connectivity index (χ0v) is 14.7. The molecule has 0 unspecified atom stereocenters. The smallest absolute Gasteiger partial charge is 0.283 e. The van der Waals surface area contributed by atoms with Crippen molar-refractivity contribution < 1.29 is 9.53 Å². The highest BCUT2D eigenvalue weighted by Crippen LogP contribution is 2.10. The van der Waals surface area contributed by atoms with Gasteiger partial charge in [0, 0.05) is 13.2 Å². The molecule has 0 saturated carbocycles. The molecule has 3 aromatic rings. The first kappa shape index (κ1) is 17.3. The maximum atomic E-state index is 12.6. The Kier molecular flexibility index (Phi) is 4.93. The topological polar surface area (TPSA) is 104 Å². The van der Waals surface area contributed by atoms with Gasteiger partial charge < -0.3 is 10.1 Å². The molecule has 3 heterocycles. The molecule has 140 valence electrons. The minimum Gasteiger partial charge on any atom is -0.376 e. The number of hydrogen-bond acceptors (Lipinski definition) is 6. The van der Waals surface area contributed by atoms with Crippen LogP contribution in [0.4, 0.5) is 0 Å². The summed E-state index contributed by atoms with van der Waals surface area (Å²) in [5, 5.41) is 10.8. The number of nitrogens with one attached hydrogen (secondary N) is 1. The first-order valence-corrected chi connectivity index (χ1v) is 8.91. The summed E-state index contributed by atoms with van der Waals surface area (Å²) in [5.74, 6) is -0.259. The number of fused-ring (bicyclic) bond motifs is 1. The zero-order valence-electron chi connectivity index (χ0n) is 14.7. The van der Waals surface area contributed by atoms with Crippen molar-refractivity contribution >= 4 is 17.1 Å². The quantitative estimate of drug-likeness (QED) is 0.672. The van der Waals surface area contributed by atoms with Crippen LogP contribution >= 0.6 is 0 Å². The van der Waals surface area contributed by atoms with Crippen LogP contribution in [0, 0.1) is 0 Å². The van der Waals surface area contributed by atoms with Crippen molar-refractivity contribution in [1.29, 1.82) is 0 Å². The Hall–Kier alpha value is -3.07. The lowest BCUT2D eigenvalue weighted by molar-refractivity contribution is -0.122. The molecule has 9 heteroatoms. The van der Waals surface area contributed by atoms with Crippen molar-refractivity contribution in [2.45, 2.75) is 32.0 Å². The van der Waals surface area contributed by atoms with Crippen LogP contribution in [0.15, 0.2) is 41.5 Å². The minimum absolute atomic E-state index is 0.0594. The van der Waals surface area contributed by atoms with Gasteiger partial charge in [-0.15, -0.1) is 5.10 Å². The van der Waals surface area contributed by atoms with Gasteiger partial charge in [-0.25, -0.2) is 9.67 Å². The summed E-state index contributed by atoms with van der Waals surface area (Å²) in [7, 11) is 0. The molecule has 1 aliphatic heterocycles. The molecule has 1 amide bonds. The maximum absolute atomic E-state index is 12.6. The standard InChI is InChI=1S/C18H20N6O3/c25-15(19-9-14-7-4-8-27-14)11-23-12-20-17-16(18(23)26)21-22-24(17)10-13-5-2-1-3-6-13/h1-3,5-6,12,14H,4,7-11H2,(H,19,25)/t14-/m0/s1. The van der Waals surface area contributed by atoms with E-state index in [0.717, 1.165) is 25.0 Å². The van der Waals surface area contributed by atoms with E-state index in [1.165, 1.54) is 10.9 Å². The number of rotatable bonds is 6. The fourth-order valence-corrected chi connectivity index (χ4v) is 3.11.